The first-order chi connectivity index (χ1) is 15.1. The third-order valence-corrected chi connectivity index (χ3v) is 5.73. The number of hydrogen-bond acceptors (Lipinski definition) is 6. The van der Waals surface area contributed by atoms with Crippen LogP contribution in [0.2, 0.25) is 0 Å². The molecule has 156 valence electrons. The van der Waals surface area contributed by atoms with Gasteiger partial charge in [-0.25, -0.2) is 4.98 Å². The van der Waals surface area contributed by atoms with Crippen LogP contribution in [0.15, 0.2) is 82.7 Å². The first-order valence-corrected chi connectivity index (χ1v) is 10.6. The van der Waals surface area contributed by atoms with Crippen molar-refractivity contribution in [2.75, 3.05) is 20.0 Å². The summed E-state index contributed by atoms with van der Waals surface area (Å²) in [4.78, 5) is 30.8. The van der Waals surface area contributed by atoms with Crippen molar-refractivity contribution in [3.8, 4) is 17.2 Å². The van der Waals surface area contributed by atoms with Gasteiger partial charge in [-0.05, 0) is 36.4 Å². The maximum absolute atomic E-state index is 13.4. The summed E-state index contributed by atoms with van der Waals surface area (Å²) in [5, 5.41) is 0.918. The van der Waals surface area contributed by atoms with Crippen molar-refractivity contribution in [3.05, 3.63) is 88.7 Å². The van der Waals surface area contributed by atoms with Gasteiger partial charge in [0.25, 0.3) is 5.56 Å². The number of para-hydroxylation sites is 3. The van der Waals surface area contributed by atoms with Crippen LogP contribution >= 0.6 is 11.8 Å². The largest absolute Gasteiger partial charge is 0.497 e. The van der Waals surface area contributed by atoms with Gasteiger partial charge in [-0.1, -0.05) is 48.2 Å². The Morgan fingerprint density at radius 1 is 0.968 bits per heavy atom. The van der Waals surface area contributed by atoms with Crippen molar-refractivity contribution in [1.82, 2.24) is 9.55 Å². The third-order valence-electron chi connectivity index (χ3n) is 4.80. The summed E-state index contributed by atoms with van der Waals surface area (Å²) in [7, 11) is 3.11. The molecule has 0 radical (unpaired) electrons. The molecule has 0 saturated carbocycles. The fourth-order valence-corrected chi connectivity index (χ4v) is 4.15. The molecule has 0 unspecified atom stereocenters. The zero-order chi connectivity index (χ0) is 21.8. The average Bonchev–Trinajstić information content (AvgIpc) is 2.82. The van der Waals surface area contributed by atoms with Crippen LogP contribution in [0.5, 0.6) is 11.5 Å². The smallest absolute Gasteiger partial charge is 0.266 e. The van der Waals surface area contributed by atoms with Crippen LogP contribution in [0.3, 0.4) is 0 Å². The Kier molecular flexibility index (Phi) is 6.04. The molecule has 0 amide bonds. The number of benzene rings is 3. The fraction of sp³-hybridized carbons (Fsp3) is 0.125. The van der Waals surface area contributed by atoms with E-state index >= 15 is 0 Å². The summed E-state index contributed by atoms with van der Waals surface area (Å²) in [6.07, 6.45) is 0. The van der Waals surface area contributed by atoms with Crippen molar-refractivity contribution in [3.63, 3.8) is 0 Å². The maximum Gasteiger partial charge on any atom is 0.266 e. The van der Waals surface area contributed by atoms with E-state index in [0.717, 1.165) is 0 Å². The summed E-state index contributed by atoms with van der Waals surface area (Å²) in [6.45, 7) is 0. The third kappa shape index (κ3) is 4.18. The number of rotatable bonds is 7. The molecule has 31 heavy (non-hydrogen) atoms. The molecule has 1 heterocycles. The molecule has 0 aliphatic rings. The zero-order valence-corrected chi connectivity index (χ0v) is 17.9. The lowest BCUT2D eigenvalue weighted by atomic mass is 10.1. The molecule has 3 aromatic carbocycles. The minimum Gasteiger partial charge on any atom is -0.497 e. The number of ketones is 1. The van der Waals surface area contributed by atoms with E-state index in [9.17, 15) is 9.59 Å². The van der Waals surface area contributed by atoms with Gasteiger partial charge in [0.2, 0.25) is 0 Å². The quantitative estimate of drug-likeness (QED) is 0.245. The number of methoxy groups -OCH3 is 2. The molecule has 0 N–H and O–H groups in total. The van der Waals surface area contributed by atoms with E-state index in [4.69, 9.17) is 9.47 Å². The number of nitrogens with zero attached hydrogens (tertiary/aromatic N) is 2. The first-order valence-electron chi connectivity index (χ1n) is 9.57. The van der Waals surface area contributed by atoms with E-state index in [-0.39, 0.29) is 17.1 Å². The standard InChI is InChI=1S/C24H20N2O4S/c1-29-17-9-7-8-16(14-17)21(27)15-31-24-25-19-11-4-3-10-18(19)23(28)26(24)20-12-5-6-13-22(20)30-2/h3-14H,15H2,1-2H3. The summed E-state index contributed by atoms with van der Waals surface area (Å²) in [5.41, 5.74) is 1.48. The molecule has 7 heteroatoms. The van der Waals surface area contributed by atoms with Gasteiger partial charge in [-0.15, -0.1) is 0 Å². The number of carbonyl (C=O) groups excluding carboxylic acids is 1. The molecule has 0 aliphatic carbocycles. The van der Waals surface area contributed by atoms with Crippen LogP contribution in [-0.2, 0) is 0 Å². The second-order valence-electron chi connectivity index (χ2n) is 6.67. The number of ether oxygens (including phenoxy) is 2. The van der Waals surface area contributed by atoms with Gasteiger partial charge in [0.05, 0.1) is 36.6 Å². The lowest BCUT2D eigenvalue weighted by Crippen LogP contribution is -2.22. The molecule has 0 atom stereocenters. The first kappa shape index (κ1) is 20.7. The maximum atomic E-state index is 13.4. The Labute approximate surface area is 183 Å². The van der Waals surface area contributed by atoms with Gasteiger partial charge in [-0.3, -0.25) is 14.2 Å². The van der Waals surface area contributed by atoms with Crippen LogP contribution in [0.25, 0.3) is 16.6 Å². The molecule has 0 aliphatic heterocycles. The molecular weight excluding hydrogens is 412 g/mol. The lowest BCUT2D eigenvalue weighted by molar-refractivity contribution is 0.102. The molecule has 0 fully saturated rings. The van der Waals surface area contributed by atoms with Crippen LogP contribution in [0.1, 0.15) is 10.4 Å². The van der Waals surface area contributed by atoms with Crippen molar-refractivity contribution in [1.29, 1.82) is 0 Å². The van der Waals surface area contributed by atoms with E-state index in [2.05, 4.69) is 4.98 Å². The summed E-state index contributed by atoms with van der Waals surface area (Å²) in [5.74, 6) is 1.19. The number of hydrogen-bond donors (Lipinski definition) is 0. The minimum atomic E-state index is -0.216. The number of aromatic nitrogens is 2. The van der Waals surface area contributed by atoms with Gasteiger partial charge in [0.15, 0.2) is 10.9 Å². The van der Waals surface area contributed by atoms with E-state index in [1.165, 1.54) is 16.3 Å². The van der Waals surface area contributed by atoms with E-state index < -0.39 is 0 Å². The van der Waals surface area contributed by atoms with Crippen LogP contribution < -0.4 is 15.0 Å². The molecule has 6 nitrogen and oxygen atoms in total. The molecule has 1 aromatic heterocycles. The van der Waals surface area contributed by atoms with Crippen molar-refractivity contribution < 1.29 is 14.3 Å². The van der Waals surface area contributed by atoms with Crippen molar-refractivity contribution >= 4 is 28.4 Å². The predicted octanol–water partition coefficient (Wildman–Crippen LogP) is 4.38. The predicted molar refractivity (Wildman–Crippen MR) is 122 cm³/mol. The summed E-state index contributed by atoms with van der Waals surface area (Å²) < 4.78 is 12.2. The molecule has 4 rings (SSSR count). The zero-order valence-electron chi connectivity index (χ0n) is 17.1. The summed E-state index contributed by atoms with van der Waals surface area (Å²) >= 11 is 1.21. The van der Waals surface area contributed by atoms with Crippen LogP contribution in [0.4, 0.5) is 0 Å². The minimum absolute atomic E-state index is 0.0853. The van der Waals surface area contributed by atoms with Gasteiger partial charge >= 0.3 is 0 Å². The molecule has 0 spiro atoms. The Balaban J connectivity index is 1.77. The highest BCUT2D eigenvalue weighted by atomic mass is 32.2. The lowest BCUT2D eigenvalue weighted by Gasteiger charge is -2.15. The van der Waals surface area contributed by atoms with Crippen molar-refractivity contribution in [2.24, 2.45) is 0 Å². The van der Waals surface area contributed by atoms with Gasteiger partial charge in [0, 0.05) is 5.56 Å². The van der Waals surface area contributed by atoms with Crippen LogP contribution in [0, 0.1) is 0 Å². The molecule has 0 bridgehead atoms. The highest BCUT2D eigenvalue weighted by Gasteiger charge is 2.18. The van der Waals surface area contributed by atoms with Crippen LogP contribution in [-0.4, -0.2) is 35.3 Å². The Bertz CT molecular complexity index is 1320. The normalized spacial score (nSPS) is 10.8. The number of carbonyl (C=O) groups is 1. The monoisotopic (exact) mass is 432 g/mol. The molecule has 0 saturated heterocycles. The Morgan fingerprint density at radius 2 is 1.74 bits per heavy atom. The molecular formula is C24H20N2O4S. The molecule has 4 aromatic rings. The van der Waals surface area contributed by atoms with Gasteiger partial charge in [0.1, 0.15) is 11.5 Å². The SMILES string of the molecule is COc1cccc(C(=O)CSc2nc3ccccc3c(=O)n2-c2ccccc2OC)c1. The number of Topliss-reactive ketones (excluding diaryl/α,β-unsaturated/α-hetero) is 1. The Morgan fingerprint density at radius 3 is 2.55 bits per heavy atom. The second kappa shape index (κ2) is 9.06. The fourth-order valence-electron chi connectivity index (χ4n) is 3.25. The Hall–Kier alpha value is -3.58. The van der Waals surface area contributed by atoms with E-state index in [1.807, 2.05) is 18.2 Å². The average molecular weight is 433 g/mol. The highest BCUT2D eigenvalue weighted by molar-refractivity contribution is 7.99. The number of thioether (sulfide) groups is 1. The van der Waals surface area contributed by atoms with E-state index in [0.29, 0.717) is 38.8 Å². The van der Waals surface area contributed by atoms with Gasteiger partial charge in [-0.2, -0.15) is 0 Å². The summed E-state index contributed by atoms with van der Waals surface area (Å²) in [6, 6.07) is 21.4. The second-order valence-corrected chi connectivity index (χ2v) is 7.61. The highest BCUT2D eigenvalue weighted by Crippen LogP contribution is 2.27. The van der Waals surface area contributed by atoms with E-state index in [1.54, 1.807) is 68.8 Å². The topological polar surface area (TPSA) is 70.4 Å². The number of fused-ring (bicyclic) bond motifs is 1. The van der Waals surface area contributed by atoms with Crippen molar-refractivity contribution in [2.45, 2.75) is 5.16 Å². The van der Waals surface area contributed by atoms with Gasteiger partial charge < -0.3 is 9.47 Å².